The van der Waals surface area contributed by atoms with E-state index in [-0.39, 0.29) is 4.90 Å². The van der Waals surface area contributed by atoms with E-state index in [0.29, 0.717) is 5.82 Å². The molecular weight excluding hydrogens is 238 g/mol. The zero-order valence-electron chi connectivity index (χ0n) is 9.58. The average Bonchev–Trinajstić information content (AvgIpc) is 2.64. The molecule has 17 heavy (non-hydrogen) atoms. The summed E-state index contributed by atoms with van der Waals surface area (Å²) in [6.45, 7) is 1.91. The Morgan fingerprint density at radius 2 is 1.82 bits per heavy atom. The van der Waals surface area contributed by atoms with Crippen LogP contribution in [0.4, 0.5) is 5.82 Å². The van der Waals surface area contributed by atoms with E-state index in [1.807, 2.05) is 6.92 Å². The number of hydrogen-bond acceptors (Lipinski definition) is 3. The van der Waals surface area contributed by atoms with Crippen molar-refractivity contribution in [2.75, 3.05) is 4.72 Å². The smallest absolute Gasteiger partial charge is 0.263 e. The first-order valence-electron chi connectivity index (χ1n) is 5.06. The predicted octanol–water partition coefficient (Wildman–Crippen LogP) is 1.53. The SMILES string of the molecule is Cc1ccc(S(=O)(=O)Nc2ccnn2C)cc1. The first kappa shape index (κ1) is 11.7. The summed E-state index contributed by atoms with van der Waals surface area (Å²) in [6.07, 6.45) is 1.53. The Kier molecular flexibility index (Phi) is 2.89. The first-order chi connectivity index (χ1) is 7.99. The van der Waals surface area contributed by atoms with Crippen LogP contribution in [0, 0.1) is 6.92 Å². The molecule has 0 aliphatic rings. The molecule has 1 aromatic heterocycles. The Morgan fingerprint density at radius 1 is 1.18 bits per heavy atom. The lowest BCUT2D eigenvalue weighted by Crippen LogP contribution is -2.15. The number of nitrogens with one attached hydrogen (secondary N) is 1. The summed E-state index contributed by atoms with van der Waals surface area (Å²) < 4.78 is 28.0. The van der Waals surface area contributed by atoms with Crippen molar-refractivity contribution in [3.05, 3.63) is 42.1 Å². The maximum absolute atomic E-state index is 12.0. The van der Waals surface area contributed by atoms with Crippen LogP contribution in [-0.4, -0.2) is 18.2 Å². The fourth-order valence-corrected chi connectivity index (χ4v) is 2.48. The van der Waals surface area contributed by atoms with Gasteiger partial charge in [0.25, 0.3) is 10.0 Å². The maximum Gasteiger partial charge on any atom is 0.263 e. The van der Waals surface area contributed by atoms with E-state index in [9.17, 15) is 8.42 Å². The first-order valence-corrected chi connectivity index (χ1v) is 6.55. The highest BCUT2D eigenvalue weighted by atomic mass is 32.2. The fraction of sp³-hybridized carbons (Fsp3) is 0.182. The highest BCUT2D eigenvalue weighted by Crippen LogP contribution is 2.15. The summed E-state index contributed by atoms with van der Waals surface area (Å²) in [5.74, 6) is 0.436. The van der Waals surface area contributed by atoms with Gasteiger partial charge in [-0.1, -0.05) is 17.7 Å². The van der Waals surface area contributed by atoms with E-state index < -0.39 is 10.0 Å². The fourth-order valence-electron chi connectivity index (χ4n) is 1.39. The van der Waals surface area contributed by atoms with Gasteiger partial charge in [-0.2, -0.15) is 5.10 Å². The van der Waals surface area contributed by atoms with Crippen LogP contribution in [0.2, 0.25) is 0 Å². The average molecular weight is 251 g/mol. The molecule has 1 heterocycles. The third-order valence-corrected chi connectivity index (χ3v) is 3.76. The van der Waals surface area contributed by atoms with Crippen molar-refractivity contribution in [1.82, 2.24) is 9.78 Å². The van der Waals surface area contributed by atoms with Crippen molar-refractivity contribution in [3.63, 3.8) is 0 Å². The maximum atomic E-state index is 12.0. The Bertz CT molecular complexity index is 614. The third kappa shape index (κ3) is 2.47. The van der Waals surface area contributed by atoms with E-state index >= 15 is 0 Å². The van der Waals surface area contributed by atoms with E-state index in [1.165, 1.54) is 10.9 Å². The molecule has 0 saturated heterocycles. The van der Waals surface area contributed by atoms with Crippen molar-refractivity contribution < 1.29 is 8.42 Å². The molecule has 1 N–H and O–H groups in total. The van der Waals surface area contributed by atoms with E-state index in [0.717, 1.165) is 5.56 Å². The van der Waals surface area contributed by atoms with Gasteiger partial charge in [0.15, 0.2) is 0 Å². The monoisotopic (exact) mass is 251 g/mol. The minimum Gasteiger partial charge on any atom is -0.264 e. The van der Waals surface area contributed by atoms with Gasteiger partial charge in [0.1, 0.15) is 5.82 Å². The minimum absolute atomic E-state index is 0.240. The molecule has 5 nitrogen and oxygen atoms in total. The molecule has 0 aliphatic carbocycles. The van der Waals surface area contributed by atoms with Crippen LogP contribution in [0.3, 0.4) is 0 Å². The molecule has 0 unspecified atom stereocenters. The lowest BCUT2D eigenvalue weighted by atomic mass is 10.2. The second-order valence-corrected chi connectivity index (χ2v) is 5.44. The minimum atomic E-state index is -3.53. The second-order valence-electron chi connectivity index (χ2n) is 3.76. The molecule has 0 radical (unpaired) electrons. The summed E-state index contributed by atoms with van der Waals surface area (Å²) >= 11 is 0. The van der Waals surface area contributed by atoms with Crippen molar-refractivity contribution in [2.24, 2.45) is 7.05 Å². The van der Waals surface area contributed by atoms with Gasteiger partial charge in [0.05, 0.1) is 11.1 Å². The quantitative estimate of drug-likeness (QED) is 0.899. The molecule has 0 spiro atoms. The number of aromatic nitrogens is 2. The summed E-state index contributed by atoms with van der Waals surface area (Å²) in [6, 6.07) is 8.28. The number of nitrogens with zero attached hydrogens (tertiary/aromatic N) is 2. The largest absolute Gasteiger partial charge is 0.264 e. The molecule has 2 aromatic rings. The molecular formula is C11H13N3O2S. The standard InChI is InChI=1S/C11H13N3O2S/c1-9-3-5-10(6-4-9)17(15,16)13-11-7-8-12-14(11)2/h3-8,13H,1-2H3. The molecule has 0 bridgehead atoms. The van der Waals surface area contributed by atoms with E-state index in [1.54, 1.807) is 37.4 Å². The predicted molar refractivity (Wildman–Crippen MR) is 65.2 cm³/mol. The van der Waals surface area contributed by atoms with Crippen LogP contribution in [0.5, 0.6) is 0 Å². The lowest BCUT2D eigenvalue weighted by molar-refractivity contribution is 0.600. The summed E-state index contributed by atoms with van der Waals surface area (Å²) in [7, 11) is -1.86. The summed E-state index contributed by atoms with van der Waals surface area (Å²) in [4.78, 5) is 0.240. The van der Waals surface area contributed by atoms with Gasteiger partial charge in [-0.3, -0.25) is 9.40 Å². The molecule has 0 atom stereocenters. The van der Waals surface area contributed by atoms with Crippen molar-refractivity contribution >= 4 is 15.8 Å². The van der Waals surface area contributed by atoms with E-state index in [2.05, 4.69) is 9.82 Å². The second kappa shape index (κ2) is 4.21. The van der Waals surface area contributed by atoms with Crippen molar-refractivity contribution in [1.29, 1.82) is 0 Å². The normalized spacial score (nSPS) is 11.4. The van der Waals surface area contributed by atoms with Crippen LogP contribution in [0.15, 0.2) is 41.4 Å². The van der Waals surface area contributed by atoms with Gasteiger partial charge in [-0.25, -0.2) is 8.42 Å². The Balaban J connectivity index is 2.31. The number of rotatable bonds is 3. The van der Waals surface area contributed by atoms with Crippen molar-refractivity contribution in [2.45, 2.75) is 11.8 Å². The van der Waals surface area contributed by atoms with Gasteiger partial charge >= 0.3 is 0 Å². The van der Waals surface area contributed by atoms with E-state index in [4.69, 9.17) is 0 Å². The number of sulfonamides is 1. The molecule has 0 fully saturated rings. The molecule has 0 saturated carbocycles. The van der Waals surface area contributed by atoms with Crippen LogP contribution in [-0.2, 0) is 17.1 Å². The molecule has 1 aromatic carbocycles. The van der Waals surface area contributed by atoms with Gasteiger partial charge in [0, 0.05) is 13.1 Å². The highest BCUT2D eigenvalue weighted by molar-refractivity contribution is 7.92. The van der Waals surface area contributed by atoms with Crippen molar-refractivity contribution in [3.8, 4) is 0 Å². The number of anilines is 1. The molecule has 90 valence electrons. The number of hydrogen-bond donors (Lipinski definition) is 1. The number of aryl methyl sites for hydroxylation is 2. The zero-order valence-corrected chi connectivity index (χ0v) is 10.4. The van der Waals surface area contributed by atoms with Gasteiger partial charge in [0.2, 0.25) is 0 Å². The Morgan fingerprint density at radius 3 is 2.35 bits per heavy atom. The number of benzene rings is 1. The molecule has 2 rings (SSSR count). The highest BCUT2D eigenvalue weighted by Gasteiger charge is 2.15. The van der Waals surface area contributed by atoms with Crippen LogP contribution in [0.1, 0.15) is 5.56 Å². The third-order valence-electron chi connectivity index (χ3n) is 2.39. The molecule has 0 amide bonds. The van der Waals surface area contributed by atoms with Gasteiger partial charge in [-0.05, 0) is 19.1 Å². The summed E-state index contributed by atoms with van der Waals surface area (Å²) in [5.41, 5.74) is 1.02. The summed E-state index contributed by atoms with van der Waals surface area (Å²) in [5, 5.41) is 3.90. The van der Waals surface area contributed by atoms with Gasteiger partial charge in [-0.15, -0.1) is 0 Å². The molecule has 0 aliphatic heterocycles. The zero-order chi connectivity index (χ0) is 12.5. The topological polar surface area (TPSA) is 64.0 Å². The van der Waals surface area contributed by atoms with Gasteiger partial charge < -0.3 is 0 Å². The Labute approximate surface area is 100 Å². The van der Waals surface area contributed by atoms with Crippen LogP contribution < -0.4 is 4.72 Å². The Hall–Kier alpha value is -1.82. The lowest BCUT2D eigenvalue weighted by Gasteiger charge is -2.08. The van der Waals surface area contributed by atoms with Crippen LogP contribution >= 0.6 is 0 Å². The molecule has 6 heteroatoms. The van der Waals surface area contributed by atoms with Crippen LogP contribution in [0.25, 0.3) is 0 Å².